The number of hydrogen-bond acceptors (Lipinski definition) is 7. The predicted molar refractivity (Wildman–Crippen MR) is 101 cm³/mol. The number of non-ortho nitro benzene ring substituents is 1. The van der Waals surface area contributed by atoms with Crippen molar-refractivity contribution in [3.05, 3.63) is 87.7 Å². The number of hydrogen-bond donors (Lipinski definition) is 0. The van der Waals surface area contributed by atoms with Crippen LogP contribution in [0.15, 0.2) is 71.9 Å². The lowest BCUT2D eigenvalue weighted by Gasteiger charge is -2.09. The Morgan fingerprint density at radius 3 is 2.46 bits per heavy atom. The molecule has 0 amide bonds. The molecule has 28 heavy (non-hydrogen) atoms. The van der Waals surface area contributed by atoms with Gasteiger partial charge >= 0.3 is 10.1 Å². The monoisotopic (exact) mass is 420 g/mol. The third-order valence-corrected chi connectivity index (χ3v) is 5.13. The van der Waals surface area contributed by atoms with E-state index >= 15 is 0 Å². The van der Waals surface area contributed by atoms with Gasteiger partial charge in [0.15, 0.2) is 5.75 Å². The topological polar surface area (TPSA) is 109 Å². The van der Waals surface area contributed by atoms with Crippen LogP contribution < -0.4 is 8.92 Å². The molecule has 0 bridgehead atoms. The molecule has 144 valence electrons. The molecule has 0 fully saturated rings. The van der Waals surface area contributed by atoms with Gasteiger partial charge in [-0.1, -0.05) is 23.7 Å². The highest BCUT2D eigenvalue weighted by Crippen LogP contribution is 2.29. The van der Waals surface area contributed by atoms with Crippen molar-refractivity contribution in [3.8, 4) is 11.5 Å². The quantitative estimate of drug-likeness (QED) is 0.323. The van der Waals surface area contributed by atoms with Gasteiger partial charge in [-0.15, -0.1) is 0 Å². The molecule has 0 saturated carbocycles. The standard InChI is InChI=1S/C18H13ClN2O6S/c19-17-10-14(21(22)23)5-8-18(17)26-12-13-3-6-16(7-4-13)28(24,25)27-15-2-1-9-20-11-15/h1-11H,12H2. The summed E-state index contributed by atoms with van der Waals surface area (Å²) in [7, 11) is -3.98. The number of benzene rings is 2. The fraction of sp³-hybridized carbons (Fsp3) is 0.0556. The number of aromatic nitrogens is 1. The Morgan fingerprint density at radius 2 is 1.86 bits per heavy atom. The van der Waals surface area contributed by atoms with Gasteiger partial charge in [0.25, 0.3) is 5.69 Å². The van der Waals surface area contributed by atoms with Crippen molar-refractivity contribution in [2.24, 2.45) is 0 Å². The van der Waals surface area contributed by atoms with Crippen molar-refractivity contribution in [1.29, 1.82) is 0 Å². The lowest BCUT2D eigenvalue weighted by Crippen LogP contribution is -2.10. The SMILES string of the molecule is O=[N+]([O-])c1ccc(OCc2ccc(S(=O)(=O)Oc3cccnc3)cc2)c(Cl)c1. The summed E-state index contributed by atoms with van der Waals surface area (Å²) >= 11 is 5.97. The van der Waals surface area contributed by atoms with Crippen LogP contribution in [0.4, 0.5) is 5.69 Å². The molecule has 0 N–H and O–H groups in total. The maximum atomic E-state index is 12.3. The summed E-state index contributed by atoms with van der Waals surface area (Å²) in [6, 6.07) is 12.9. The molecule has 3 aromatic rings. The molecule has 0 saturated heterocycles. The highest BCUT2D eigenvalue weighted by atomic mass is 35.5. The van der Waals surface area contributed by atoms with E-state index in [9.17, 15) is 18.5 Å². The second kappa shape index (κ2) is 8.24. The van der Waals surface area contributed by atoms with E-state index in [2.05, 4.69) is 4.98 Å². The summed E-state index contributed by atoms with van der Waals surface area (Å²) in [5.41, 5.74) is 0.537. The van der Waals surface area contributed by atoms with Gasteiger partial charge in [0.1, 0.15) is 17.3 Å². The van der Waals surface area contributed by atoms with E-state index in [1.807, 2.05) is 0 Å². The number of pyridine rings is 1. The lowest BCUT2D eigenvalue weighted by molar-refractivity contribution is -0.384. The number of nitro groups is 1. The zero-order chi connectivity index (χ0) is 20.1. The molecule has 0 aliphatic carbocycles. The van der Waals surface area contributed by atoms with Gasteiger partial charge in [0, 0.05) is 18.3 Å². The smallest absolute Gasteiger partial charge is 0.339 e. The highest BCUT2D eigenvalue weighted by Gasteiger charge is 2.17. The number of rotatable bonds is 7. The lowest BCUT2D eigenvalue weighted by atomic mass is 10.2. The van der Waals surface area contributed by atoms with Crippen LogP contribution in [0, 0.1) is 10.1 Å². The first-order valence-corrected chi connectivity index (χ1v) is 9.64. The Morgan fingerprint density at radius 1 is 1.11 bits per heavy atom. The van der Waals surface area contributed by atoms with Crippen molar-refractivity contribution >= 4 is 27.4 Å². The molecule has 8 nitrogen and oxygen atoms in total. The average molecular weight is 421 g/mol. The van der Waals surface area contributed by atoms with Crippen LogP contribution in [0.2, 0.25) is 5.02 Å². The Bertz CT molecular complexity index is 1090. The van der Waals surface area contributed by atoms with Crippen molar-refractivity contribution < 1.29 is 22.3 Å². The summed E-state index contributed by atoms with van der Waals surface area (Å²) < 4.78 is 35.1. The first-order valence-electron chi connectivity index (χ1n) is 7.85. The van der Waals surface area contributed by atoms with Crippen molar-refractivity contribution in [2.45, 2.75) is 11.5 Å². The average Bonchev–Trinajstić information content (AvgIpc) is 2.67. The van der Waals surface area contributed by atoms with Gasteiger partial charge < -0.3 is 8.92 Å². The highest BCUT2D eigenvalue weighted by molar-refractivity contribution is 7.87. The van der Waals surface area contributed by atoms with Crippen molar-refractivity contribution in [3.63, 3.8) is 0 Å². The van der Waals surface area contributed by atoms with Crippen molar-refractivity contribution in [1.82, 2.24) is 4.98 Å². The molecular formula is C18H13ClN2O6S. The zero-order valence-electron chi connectivity index (χ0n) is 14.2. The first kappa shape index (κ1) is 19.6. The number of nitro benzene ring substituents is 1. The Labute approximate surface area is 165 Å². The summed E-state index contributed by atoms with van der Waals surface area (Å²) in [6.45, 7) is 0.0985. The van der Waals surface area contributed by atoms with Crippen LogP contribution in [0.3, 0.4) is 0 Å². The van der Waals surface area contributed by atoms with Crippen LogP contribution in [-0.4, -0.2) is 18.3 Å². The molecule has 0 radical (unpaired) electrons. The molecule has 1 aromatic heterocycles. The summed E-state index contributed by atoms with van der Waals surface area (Å²) in [5.74, 6) is 0.395. The Kier molecular flexibility index (Phi) is 5.76. The van der Waals surface area contributed by atoms with Crippen LogP contribution in [0.1, 0.15) is 5.56 Å². The van der Waals surface area contributed by atoms with Gasteiger partial charge in [-0.05, 0) is 35.9 Å². The van der Waals surface area contributed by atoms with E-state index in [1.54, 1.807) is 18.2 Å². The maximum Gasteiger partial charge on any atom is 0.339 e. The molecule has 0 aliphatic rings. The van der Waals surface area contributed by atoms with E-state index in [-0.39, 0.29) is 33.7 Å². The molecule has 3 rings (SSSR count). The van der Waals surface area contributed by atoms with E-state index in [1.165, 1.54) is 48.8 Å². The van der Waals surface area contributed by atoms with E-state index in [0.717, 1.165) is 0 Å². The summed E-state index contributed by atoms with van der Waals surface area (Å²) in [4.78, 5) is 13.9. The molecule has 0 unspecified atom stereocenters. The van der Waals surface area contributed by atoms with Crippen LogP contribution in [0.5, 0.6) is 11.5 Å². The molecule has 0 atom stereocenters. The summed E-state index contributed by atoms with van der Waals surface area (Å²) in [5, 5.41) is 10.8. The van der Waals surface area contributed by atoms with Gasteiger partial charge in [0.05, 0.1) is 16.1 Å². The Balaban J connectivity index is 1.67. The zero-order valence-corrected chi connectivity index (χ0v) is 15.8. The molecule has 0 aliphatic heterocycles. The maximum absolute atomic E-state index is 12.3. The largest absolute Gasteiger partial charge is 0.487 e. The van der Waals surface area contributed by atoms with Gasteiger partial charge in [-0.2, -0.15) is 8.42 Å². The van der Waals surface area contributed by atoms with Crippen LogP contribution >= 0.6 is 11.6 Å². The van der Waals surface area contributed by atoms with Crippen LogP contribution in [0.25, 0.3) is 0 Å². The molecule has 10 heteroatoms. The van der Waals surface area contributed by atoms with Crippen LogP contribution in [-0.2, 0) is 16.7 Å². The number of halogens is 1. The number of ether oxygens (including phenoxy) is 1. The second-order valence-electron chi connectivity index (χ2n) is 5.53. The summed E-state index contributed by atoms with van der Waals surface area (Å²) in [6.07, 6.45) is 2.80. The third-order valence-electron chi connectivity index (χ3n) is 3.57. The van der Waals surface area contributed by atoms with E-state index in [0.29, 0.717) is 5.56 Å². The fourth-order valence-electron chi connectivity index (χ4n) is 2.20. The van der Waals surface area contributed by atoms with Crippen molar-refractivity contribution in [2.75, 3.05) is 0 Å². The molecule has 0 spiro atoms. The molecule has 2 aromatic carbocycles. The minimum atomic E-state index is -3.98. The van der Waals surface area contributed by atoms with Gasteiger partial charge in [0.2, 0.25) is 0 Å². The first-order chi connectivity index (χ1) is 13.3. The Hall–Kier alpha value is -3.17. The van der Waals surface area contributed by atoms with Gasteiger partial charge in [-0.25, -0.2) is 0 Å². The predicted octanol–water partition coefficient (Wildman–Crippen LogP) is 3.99. The molecule has 1 heterocycles. The molecular weight excluding hydrogens is 408 g/mol. The minimum absolute atomic E-state index is 0.0199. The number of nitrogens with zero attached hydrogens (tertiary/aromatic N) is 2. The third kappa shape index (κ3) is 4.76. The van der Waals surface area contributed by atoms with E-state index < -0.39 is 15.0 Å². The second-order valence-corrected chi connectivity index (χ2v) is 7.48. The van der Waals surface area contributed by atoms with Gasteiger partial charge in [-0.3, -0.25) is 15.1 Å². The van der Waals surface area contributed by atoms with E-state index in [4.69, 9.17) is 20.5 Å². The minimum Gasteiger partial charge on any atom is -0.487 e. The normalized spacial score (nSPS) is 11.0. The fourth-order valence-corrected chi connectivity index (χ4v) is 3.35.